The number of aromatic nitrogens is 1. The van der Waals surface area contributed by atoms with Crippen molar-refractivity contribution in [2.45, 2.75) is 12.8 Å². The van der Waals surface area contributed by atoms with E-state index in [2.05, 4.69) is 32.0 Å². The molecule has 1 aliphatic rings. The average molecular weight is 211 g/mol. The molecule has 0 saturated carbocycles. The molecule has 1 aromatic heterocycles. The Morgan fingerprint density at radius 3 is 3.18 bits per heavy atom. The topological polar surface area (TPSA) is 25.2 Å². The molecule has 1 aromatic rings. The van der Waals surface area contributed by atoms with Gasteiger partial charge in [-0.15, -0.1) is 0 Å². The van der Waals surface area contributed by atoms with E-state index in [1.54, 1.807) is 6.20 Å². The van der Waals surface area contributed by atoms with Crippen LogP contribution in [-0.4, -0.2) is 9.60 Å². The van der Waals surface area contributed by atoms with E-state index >= 15 is 0 Å². The molecule has 2 heterocycles. The summed E-state index contributed by atoms with van der Waals surface area (Å²) in [6.07, 6.45) is 3.82. The third-order valence-corrected chi connectivity index (χ3v) is 2.27. The van der Waals surface area contributed by atoms with Crippen LogP contribution in [0.4, 0.5) is 5.82 Å². The summed E-state index contributed by atoms with van der Waals surface area (Å²) in [5, 5.41) is 0. The Hall–Kier alpha value is -0.700. The molecule has 0 aromatic carbocycles. The number of aliphatic imine (C=N–C) groups is 1. The summed E-state index contributed by atoms with van der Waals surface area (Å²) in [4.78, 5) is 8.42. The highest BCUT2D eigenvalue weighted by molar-refractivity contribution is 9.18. The van der Waals surface area contributed by atoms with Gasteiger partial charge in [-0.2, -0.15) is 0 Å². The van der Waals surface area contributed by atoms with Gasteiger partial charge in [-0.05, 0) is 34.0 Å². The van der Waals surface area contributed by atoms with Crippen LogP contribution in [-0.2, 0) is 6.42 Å². The molecule has 1 aliphatic heterocycles. The van der Waals surface area contributed by atoms with E-state index in [1.807, 2.05) is 6.07 Å². The summed E-state index contributed by atoms with van der Waals surface area (Å²) in [7, 11) is 0. The zero-order valence-electron chi connectivity index (χ0n) is 5.92. The van der Waals surface area contributed by atoms with Crippen molar-refractivity contribution in [3.63, 3.8) is 0 Å². The Labute approximate surface area is 73.5 Å². The lowest BCUT2D eigenvalue weighted by Gasteiger charge is -2.09. The number of aryl methyl sites for hydroxylation is 1. The van der Waals surface area contributed by atoms with Gasteiger partial charge in [0.2, 0.25) is 0 Å². The first-order valence-corrected chi connectivity index (χ1v) is 4.32. The zero-order valence-corrected chi connectivity index (χ0v) is 7.50. The molecule has 11 heavy (non-hydrogen) atoms. The number of hydrogen-bond donors (Lipinski definition) is 0. The van der Waals surface area contributed by atoms with Gasteiger partial charge in [0, 0.05) is 12.6 Å². The van der Waals surface area contributed by atoms with Gasteiger partial charge in [0.15, 0.2) is 5.82 Å². The Morgan fingerprint density at radius 2 is 2.27 bits per heavy atom. The van der Waals surface area contributed by atoms with Crippen LogP contribution in [0.1, 0.15) is 12.0 Å². The molecule has 0 saturated heterocycles. The second kappa shape index (κ2) is 2.74. The Morgan fingerprint density at radius 1 is 1.36 bits per heavy atom. The second-order valence-corrected chi connectivity index (χ2v) is 3.39. The van der Waals surface area contributed by atoms with Crippen LogP contribution in [0.15, 0.2) is 23.3 Å². The number of hydrogen-bond acceptors (Lipinski definition) is 2. The van der Waals surface area contributed by atoms with Crippen LogP contribution in [0, 0.1) is 0 Å². The maximum absolute atomic E-state index is 4.27. The van der Waals surface area contributed by atoms with Crippen molar-refractivity contribution < 1.29 is 0 Å². The van der Waals surface area contributed by atoms with Crippen LogP contribution >= 0.6 is 15.9 Å². The molecule has 0 aliphatic carbocycles. The molecule has 0 atom stereocenters. The van der Waals surface area contributed by atoms with E-state index in [-0.39, 0.29) is 0 Å². The van der Waals surface area contributed by atoms with Gasteiger partial charge in [0.1, 0.15) is 0 Å². The number of pyridine rings is 1. The molecular formula is C8H7BrN2. The standard InChI is InChI=1S/C8H7BrN2/c9-7-4-3-6-2-1-5-10-8(6)11-7/h1-2,5H,3-4H2. The summed E-state index contributed by atoms with van der Waals surface area (Å²) in [5.41, 5.74) is 1.25. The van der Waals surface area contributed by atoms with Crippen molar-refractivity contribution in [3.8, 4) is 0 Å². The van der Waals surface area contributed by atoms with Gasteiger partial charge in [-0.1, -0.05) is 6.07 Å². The lowest BCUT2D eigenvalue weighted by molar-refractivity contribution is 0.997. The molecule has 0 spiro atoms. The second-order valence-electron chi connectivity index (χ2n) is 2.47. The minimum atomic E-state index is 0.866. The number of nitrogens with zero attached hydrogens (tertiary/aromatic N) is 2. The fraction of sp³-hybridized carbons (Fsp3) is 0.250. The Bertz CT molecular complexity index is 307. The molecule has 0 fully saturated rings. The van der Waals surface area contributed by atoms with Crippen molar-refractivity contribution in [2.75, 3.05) is 0 Å². The van der Waals surface area contributed by atoms with E-state index < -0.39 is 0 Å². The van der Waals surface area contributed by atoms with Crippen LogP contribution in [0.25, 0.3) is 0 Å². The summed E-state index contributed by atoms with van der Waals surface area (Å²) in [6.45, 7) is 0. The van der Waals surface area contributed by atoms with Crippen molar-refractivity contribution in [1.82, 2.24) is 4.98 Å². The smallest absolute Gasteiger partial charge is 0.155 e. The molecular weight excluding hydrogens is 204 g/mol. The van der Waals surface area contributed by atoms with Gasteiger partial charge >= 0.3 is 0 Å². The minimum absolute atomic E-state index is 0.866. The molecule has 0 N–H and O–H groups in total. The van der Waals surface area contributed by atoms with Crippen molar-refractivity contribution in [1.29, 1.82) is 0 Å². The lowest BCUT2D eigenvalue weighted by Crippen LogP contribution is -1.99. The van der Waals surface area contributed by atoms with Gasteiger partial charge in [0.25, 0.3) is 0 Å². The summed E-state index contributed by atoms with van der Waals surface area (Å²) in [5.74, 6) is 0.866. The zero-order chi connectivity index (χ0) is 7.68. The van der Waals surface area contributed by atoms with Crippen molar-refractivity contribution >= 4 is 26.4 Å². The molecule has 3 heteroatoms. The van der Waals surface area contributed by atoms with Gasteiger partial charge in [-0.3, -0.25) is 0 Å². The van der Waals surface area contributed by atoms with Crippen LogP contribution in [0.3, 0.4) is 0 Å². The average Bonchev–Trinajstić information content (AvgIpc) is 2.04. The van der Waals surface area contributed by atoms with E-state index in [1.165, 1.54) is 5.56 Å². The first kappa shape index (κ1) is 6.98. The van der Waals surface area contributed by atoms with E-state index in [0.29, 0.717) is 0 Å². The predicted octanol–water partition coefficient (Wildman–Crippen LogP) is 2.45. The molecule has 2 rings (SSSR count). The molecule has 0 radical (unpaired) electrons. The molecule has 2 nitrogen and oxygen atoms in total. The Balaban J connectivity index is 2.51. The predicted molar refractivity (Wildman–Crippen MR) is 48.6 cm³/mol. The third-order valence-electron chi connectivity index (χ3n) is 1.70. The third kappa shape index (κ3) is 1.33. The van der Waals surface area contributed by atoms with Gasteiger partial charge in [0.05, 0.1) is 4.62 Å². The van der Waals surface area contributed by atoms with Crippen LogP contribution < -0.4 is 0 Å². The van der Waals surface area contributed by atoms with E-state index in [0.717, 1.165) is 23.3 Å². The molecule has 56 valence electrons. The lowest BCUT2D eigenvalue weighted by atomic mass is 10.1. The Kier molecular flexibility index (Phi) is 1.74. The molecule has 0 unspecified atom stereocenters. The molecule has 0 amide bonds. The summed E-state index contributed by atoms with van der Waals surface area (Å²) in [6, 6.07) is 4.03. The van der Waals surface area contributed by atoms with Gasteiger partial charge < -0.3 is 0 Å². The van der Waals surface area contributed by atoms with Gasteiger partial charge in [-0.25, -0.2) is 9.98 Å². The van der Waals surface area contributed by atoms with Crippen molar-refractivity contribution in [2.24, 2.45) is 4.99 Å². The highest BCUT2D eigenvalue weighted by Gasteiger charge is 2.09. The highest BCUT2D eigenvalue weighted by atomic mass is 79.9. The number of halogens is 1. The fourth-order valence-electron chi connectivity index (χ4n) is 1.13. The monoisotopic (exact) mass is 210 g/mol. The first-order valence-electron chi connectivity index (χ1n) is 3.53. The molecule has 0 bridgehead atoms. The quantitative estimate of drug-likeness (QED) is 0.646. The SMILES string of the molecule is BrC1=Nc2ncccc2CC1. The number of rotatable bonds is 0. The van der Waals surface area contributed by atoms with Crippen LogP contribution in [0.2, 0.25) is 0 Å². The fourth-order valence-corrected chi connectivity index (χ4v) is 1.50. The van der Waals surface area contributed by atoms with E-state index in [9.17, 15) is 0 Å². The minimum Gasteiger partial charge on any atom is -0.237 e. The summed E-state index contributed by atoms with van der Waals surface area (Å²) < 4.78 is 1.00. The normalized spacial score (nSPS) is 15.5. The summed E-state index contributed by atoms with van der Waals surface area (Å²) >= 11 is 3.37. The van der Waals surface area contributed by atoms with Crippen LogP contribution in [0.5, 0.6) is 0 Å². The highest BCUT2D eigenvalue weighted by Crippen LogP contribution is 2.23. The van der Waals surface area contributed by atoms with E-state index in [4.69, 9.17) is 0 Å². The van der Waals surface area contributed by atoms with Crippen molar-refractivity contribution in [3.05, 3.63) is 23.9 Å². The maximum Gasteiger partial charge on any atom is 0.155 e. The maximum atomic E-state index is 4.27. The first-order chi connectivity index (χ1) is 5.36. The number of fused-ring (bicyclic) bond motifs is 1. The largest absolute Gasteiger partial charge is 0.237 e.